The first-order valence-corrected chi connectivity index (χ1v) is 6.95. The number of nitrogens with two attached hydrogens (primary N) is 1. The number of hydrogen-bond acceptors (Lipinski definition) is 5. The Balaban J connectivity index is 2.45. The lowest BCUT2D eigenvalue weighted by Crippen LogP contribution is -2.50. The van der Waals surface area contributed by atoms with Crippen molar-refractivity contribution in [2.75, 3.05) is 10.7 Å². The largest absolute Gasteiger partial charge is 0.368 e. The third-order valence-corrected chi connectivity index (χ3v) is 3.45. The zero-order valence-electron chi connectivity index (χ0n) is 10.9. The van der Waals surface area contributed by atoms with E-state index in [9.17, 15) is 0 Å². The van der Waals surface area contributed by atoms with Crippen LogP contribution in [0.15, 0.2) is 40.3 Å². The first-order chi connectivity index (χ1) is 8.54. The molecule has 0 atom stereocenters. The summed E-state index contributed by atoms with van der Waals surface area (Å²) < 4.78 is 0. The van der Waals surface area contributed by atoms with E-state index in [-0.39, 0.29) is 0 Å². The molecule has 0 fully saturated rings. The van der Waals surface area contributed by atoms with Gasteiger partial charge in [-0.2, -0.15) is 4.99 Å². The minimum absolute atomic E-state index is 0.350. The Bertz CT molecular complexity index is 479. The minimum Gasteiger partial charge on any atom is -0.368 e. The van der Waals surface area contributed by atoms with Gasteiger partial charge in [0.2, 0.25) is 5.96 Å². The van der Waals surface area contributed by atoms with Gasteiger partial charge in [0.1, 0.15) is 5.66 Å². The number of amidine groups is 1. The van der Waals surface area contributed by atoms with Crippen LogP contribution in [0.2, 0.25) is 0 Å². The van der Waals surface area contributed by atoms with Gasteiger partial charge in [-0.25, -0.2) is 4.99 Å². The van der Waals surface area contributed by atoms with Crippen LogP contribution >= 0.6 is 11.8 Å². The monoisotopic (exact) mass is 262 g/mol. The highest BCUT2D eigenvalue weighted by Gasteiger charge is 2.33. The van der Waals surface area contributed by atoms with E-state index in [1.807, 2.05) is 32.0 Å². The van der Waals surface area contributed by atoms with Crippen LogP contribution in [0.4, 0.5) is 5.69 Å². The summed E-state index contributed by atoms with van der Waals surface area (Å²) in [5.41, 5.74) is 6.46. The number of para-hydroxylation sites is 1. The lowest BCUT2D eigenvalue weighted by molar-refractivity contribution is 0.539. The molecular weight excluding hydrogens is 244 g/mol. The van der Waals surface area contributed by atoms with Gasteiger partial charge < -0.3 is 5.73 Å². The molecule has 0 amide bonds. The van der Waals surface area contributed by atoms with Gasteiger partial charge in [0.05, 0.1) is 0 Å². The molecule has 0 unspecified atom stereocenters. The molecule has 0 saturated heterocycles. The normalized spacial score (nSPS) is 18.3. The van der Waals surface area contributed by atoms with E-state index < -0.39 is 5.66 Å². The molecule has 0 aromatic heterocycles. The summed E-state index contributed by atoms with van der Waals surface area (Å²) in [5.74, 6) is 1.30. The third kappa shape index (κ3) is 2.51. The highest BCUT2D eigenvalue weighted by Crippen LogP contribution is 2.31. The van der Waals surface area contributed by atoms with Crippen LogP contribution in [0, 0.1) is 0 Å². The Morgan fingerprint density at radius 3 is 2.56 bits per heavy atom. The summed E-state index contributed by atoms with van der Waals surface area (Å²) in [4.78, 5) is 10.9. The van der Waals surface area contributed by atoms with Crippen molar-refractivity contribution < 1.29 is 0 Å². The highest BCUT2D eigenvalue weighted by atomic mass is 32.2. The number of aliphatic imine (C=N–C) groups is 2. The lowest BCUT2D eigenvalue weighted by atomic mass is 10.1. The van der Waals surface area contributed by atoms with E-state index in [0.29, 0.717) is 5.96 Å². The van der Waals surface area contributed by atoms with Gasteiger partial charge in [-0.1, -0.05) is 36.9 Å². The van der Waals surface area contributed by atoms with Gasteiger partial charge in [-0.15, -0.1) is 0 Å². The van der Waals surface area contributed by atoms with Gasteiger partial charge in [-0.05, 0) is 31.7 Å². The first kappa shape index (κ1) is 13.0. The van der Waals surface area contributed by atoms with Gasteiger partial charge in [0, 0.05) is 5.69 Å². The molecule has 5 heteroatoms. The molecule has 18 heavy (non-hydrogen) atoms. The van der Waals surface area contributed by atoms with Crippen molar-refractivity contribution in [2.24, 2.45) is 15.7 Å². The fraction of sp³-hybridized carbons (Fsp3) is 0.385. The van der Waals surface area contributed by atoms with E-state index >= 15 is 0 Å². The predicted octanol–water partition coefficient (Wildman–Crippen LogP) is 2.67. The van der Waals surface area contributed by atoms with Crippen LogP contribution < -0.4 is 10.6 Å². The van der Waals surface area contributed by atoms with E-state index in [2.05, 4.69) is 33.9 Å². The second-order valence-corrected chi connectivity index (χ2v) is 5.69. The van der Waals surface area contributed by atoms with Crippen molar-refractivity contribution in [2.45, 2.75) is 26.4 Å². The molecule has 2 N–H and O–H groups in total. The van der Waals surface area contributed by atoms with Crippen molar-refractivity contribution in [3.63, 3.8) is 0 Å². The summed E-state index contributed by atoms with van der Waals surface area (Å²) in [6.07, 6.45) is 0. The van der Waals surface area contributed by atoms with Crippen LogP contribution in [0.3, 0.4) is 0 Å². The first-order valence-electron chi connectivity index (χ1n) is 5.96. The highest BCUT2D eigenvalue weighted by molar-refractivity contribution is 8.14. The number of nitrogens with zero attached hydrogens (tertiary/aromatic N) is 3. The smallest absolute Gasteiger partial charge is 0.220 e. The summed E-state index contributed by atoms with van der Waals surface area (Å²) in [5, 5.41) is 0.904. The maximum atomic E-state index is 5.79. The number of benzene rings is 1. The van der Waals surface area contributed by atoms with Crippen molar-refractivity contribution in [3.05, 3.63) is 30.3 Å². The third-order valence-electron chi connectivity index (χ3n) is 2.62. The lowest BCUT2D eigenvalue weighted by Gasteiger charge is -2.39. The van der Waals surface area contributed by atoms with Crippen molar-refractivity contribution >= 4 is 28.6 Å². The van der Waals surface area contributed by atoms with Crippen LogP contribution in [-0.2, 0) is 0 Å². The second-order valence-electron chi connectivity index (χ2n) is 4.46. The minimum atomic E-state index is -0.412. The zero-order valence-corrected chi connectivity index (χ0v) is 11.7. The fourth-order valence-electron chi connectivity index (χ4n) is 1.97. The molecule has 1 heterocycles. The number of hydrogen-bond donors (Lipinski definition) is 1. The topological polar surface area (TPSA) is 54.0 Å². The van der Waals surface area contributed by atoms with Crippen LogP contribution in [0.1, 0.15) is 20.8 Å². The molecule has 0 spiro atoms. The van der Waals surface area contributed by atoms with Gasteiger partial charge in [-0.3, -0.25) is 4.90 Å². The standard InChI is InChI=1S/C13H18N4S/c1-4-18-12-15-11(14)16-13(2,3)17(12)10-8-6-5-7-9-10/h5-9H,4H2,1-3H3,(H2,14,16). The summed E-state index contributed by atoms with van der Waals surface area (Å²) >= 11 is 1.68. The fourth-order valence-corrected chi connectivity index (χ4v) is 2.84. The molecule has 0 bridgehead atoms. The van der Waals surface area contributed by atoms with E-state index in [0.717, 1.165) is 16.6 Å². The Labute approximate surface area is 112 Å². The van der Waals surface area contributed by atoms with Gasteiger partial charge in [0.25, 0.3) is 0 Å². The average molecular weight is 262 g/mol. The van der Waals surface area contributed by atoms with Crippen molar-refractivity contribution in [1.82, 2.24) is 0 Å². The molecule has 0 radical (unpaired) electrons. The maximum Gasteiger partial charge on any atom is 0.220 e. The SMILES string of the molecule is CCSC1=NC(N)=NC(C)(C)N1c1ccccc1. The Morgan fingerprint density at radius 1 is 1.28 bits per heavy atom. The number of rotatable bonds is 2. The molecule has 0 aliphatic carbocycles. The van der Waals surface area contributed by atoms with Gasteiger partial charge >= 0.3 is 0 Å². The summed E-state index contributed by atoms with van der Waals surface area (Å²) in [6, 6.07) is 10.2. The van der Waals surface area contributed by atoms with E-state index in [4.69, 9.17) is 5.73 Å². The van der Waals surface area contributed by atoms with Crippen molar-refractivity contribution in [3.8, 4) is 0 Å². The molecule has 1 aliphatic rings. The number of anilines is 1. The van der Waals surface area contributed by atoms with Crippen LogP contribution in [0.25, 0.3) is 0 Å². The van der Waals surface area contributed by atoms with E-state index in [1.165, 1.54) is 0 Å². The molecule has 1 aliphatic heterocycles. The number of thioether (sulfide) groups is 1. The van der Waals surface area contributed by atoms with Crippen LogP contribution in [-0.4, -0.2) is 22.5 Å². The molecular formula is C13H18N4S. The Kier molecular flexibility index (Phi) is 3.61. The van der Waals surface area contributed by atoms with Crippen molar-refractivity contribution in [1.29, 1.82) is 0 Å². The molecule has 96 valence electrons. The molecule has 1 aromatic rings. The predicted molar refractivity (Wildman–Crippen MR) is 80.2 cm³/mol. The average Bonchev–Trinajstić information content (AvgIpc) is 2.28. The molecule has 0 saturated carbocycles. The maximum absolute atomic E-state index is 5.79. The van der Waals surface area contributed by atoms with Gasteiger partial charge in [0.15, 0.2) is 5.17 Å². The Morgan fingerprint density at radius 2 is 1.94 bits per heavy atom. The number of guanidine groups is 1. The molecule has 1 aromatic carbocycles. The molecule has 2 rings (SSSR count). The summed E-state index contributed by atoms with van der Waals surface area (Å²) in [7, 11) is 0. The molecule has 4 nitrogen and oxygen atoms in total. The zero-order chi connectivity index (χ0) is 13.2. The van der Waals surface area contributed by atoms with E-state index in [1.54, 1.807) is 11.8 Å². The quantitative estimate of drug-likeness (QED) is 0.891. The second kappa shape index (κ2) is 5.02. The van der Waals surface area contributed by atoms with Crippen LogP contribution in [0.5, 0.6) is 0 Å². The Hall–Kier alpha value is -1.49. The summed E-state index contributed by atoms with van der Waals surface area (Å²) in [6.45, 7) is 6.18.